The highest BCUT2D eigenvalue weighted by atomic mass is 127. The maximum atomic E-state index is 13.4. The summed E-state index contributed by atoms with van der Waals surface area (Å²) >= 11 is 0. The second-order valence-corrected chi connectivity index (χ2v) is 7.92. The van der Waals surface area contributed by atoms with E-state index in [1.54, 1.807) is 12.1 Å². The first kappa shape index (κ1) is 27.1. The Morgan fingerprint density at radius 3 is 2.50 bits per heavy atom. The van der Waals surface area contributed by atoms with E-state index in [1.807, 2.05) is 6.92 Å². The molecule has 2 N–H and O–H groups in total. The van der Waals surface area contributed by atoms with Gasteiger partial charge >= 0.3 is 6.18 Å². The highest BCUT2D eigenvalue weighted by Crippen LogP contribution is 2.23. The van der Waals surface area contributed by atoms with Crippen LogP contribution in [0.25, 0.3) is 0 Å². The van der Waals surface area contributed by atoms with Crippen molar-refractivity contribution in [3.05, 3.63) is 35.6 Å². The topological polar surface area (TPSA) is 52.1 Å². The van der Waals surface area contributed by atoms with E-state index in [0.29, 0.717) is 51.8 Å². The lowest BCUT2D eigenvalue weighted by Gasteiger charge is -2.34. The van der Waals surface area contributed by atoms with Crippen molar-refractivity contribution in [3.63, 3.8) is 0 Å². The quantitative estimate of drug-likeness (QED) is 0.228. The number of hydrogen-bond donors (Lipinski definition) is 2. The SMILES string of the molecule is CCNC(=NCC(c1ccc(F)cc1)N1CCOCC1)NC1CCN(CC(F)(F)F)C1.I. The highest BCUT2D eigenvalue weighted by Gasteiger charge is 2.34. The molecule has 0 aliphatic carbocycles. The Morgan fingerprint density at radius 1 is 1.19 bits per heavy atom. The van der Waals surface area contributed by atoms with Crippen LogP contribution in [-0.2, 0) is 4.74 Å². The Labute approximate surface area is 203 Å². The van der Waals surface area contributed by atoms with Crippen molar-refractivity contribution in [1.29, 1.82) is 0 Å². The zero-order chi connectivity index (χ0) is 22.3. The van der Waals surface area contributed by atoms with E-state index < -0.39 is 12.7 Å². The molecule has 0 saturated carbocycles. The van der Waals surface area contributed by atoms with Crippen molar-refractivity contribution < 1.29 is 22.3 Å². The van der Waals surface area contributed by atoms with Gasteiger partial charge in [-0.05, 0) is 31.0 Å². The van der Waals surface area contributed by atoms with Crippen LogP contribution in [0, 0.1) is 5.82 Å². The van der Waals surface area contributed by atoms with E-state index in [0.717, 1.165) is 18.7 Å². The molecule has 0 radical (unpaired) electrons. The van der Waals surface area contributed by atoms with Gasteiger partial charge in [0, 0.05) is 38.8 Å². The van der Waals surface area contributed by atoms with Crippen molar-refractivity contribution in [2.75, 3.05) is 59.0 Å². The van der Waals surface area contributed by atoms with Crippen molar-refractivity contribution in [2.45, 2.75) is 31.6 Å². The van der Waals surface area contributed by atoms with E-state index in [-0.39, 0.29) is 41.9 Å². The number of ether oxygens (including phenoxy) is 1. The number of likely N-dealkylation sites (tertiary alicyclic amines) is 1. The van der Waals surface area contributed by atoms with Crippen molar-refractivity contribution in [3.8, 4) is 0 Å². The molecule has 3 rings (SSSR count). The van der Waals surface area contributed by atoms with Crippen LogP contribution in [0.1, 0.15) is 24.9 Å². The van der Waals surface area contributed by atoms with E-state index in [2.05, 4.69) is 15.5 Å². The molecule has 2 saturated heterocycles. The van der Waals surface area contributed by atoms with E-state index in [4.69, 9.17) is 9.73 Å². The van der Waals surface area contributed by atoms with Gasteiger partial charge in [-0.1, -0.05) is 12.1 Å². The van der Waals surface area contributed by atoms with Crippen LogP contribution in [0.5, 0.6) is 0 Å². The Morgan fingerprint density at radius 2 is 1.88 bits per heavy atom. The van der Waals surface area contributed by atoms with Crippen LogP contribution in [-0.4, -0.2) is 87.0 Å². The summed E-state index contributed by atoms with van der Waals surface area (Å²) in [5.41, 5.74) is 0.972. The molecule has 11 heteroatoms. The molecular formula is C21H32F4IN5O. The van der Waals surface area contributed by atoms with Crippen molar-refractivity contribution in [2.24, 2.45) is 4.99 Å². The summed E-state index contributed by atoms with van der Waals surface area (Å²) in [4.78, 5) is 8.41. The summed E-state index contributed by atoms with van der Waals surface area (Å²) in [7, 11) is 0. The van der Waals surface area contributed by atoms with E-state index in [1.165, 1.54) is 17.0 Å². The van der Waals surface area contributed by atoms with Crippen LogP contribution < -0.4 is 10.6 Å². The second kappa shape index (κ2) is 12.9. The molecule has 2 unspecified atom stereocenters. The third-order valence-corrected chi connectivity index (χ3v) is 5.52. The first-order valence-electron chi connectivity index (χ1n) is 10.8. The average Bonchev–Trinajstić information content (AvgIpc) is 3.15. The standard InChI is InChI=1S/C21H31F4N5O.HI/c1-2-26-20(28-18-7-8-29(14-18)15-21(23,24)25)27-13-19(30-9-11-31-12-10-30)16-3-5-17(22)6-4-16;/h3-6,18-19H,2,7-15H2,1H3,(H2,26,27,28);1H. The minimum Gasteiger partial charge on any atom is -0.379 e. The number of rotatable bonds is 7. The fraction of sp³-hybridized carbons (Fsp3) is 0.667. The first-order valence-corrected chi connectivity index (χ1v) is 10.8. The minimum atomic E-state index is -4.19. The van der Waals surface area contributed by atoms with Crippen LogP contribution >= 0.6 is 24.0 Å². The molecule has 0 aromatic heterocycles. The fourth-order valence-corrected chi connectivity index (χ4v) is 4.04. The Balaban J connectivity index is 0.00000363. The zero-order valence-electron chi connectivity index (χ0n) is 18.2. The molecular weight excluding hydrogens is 541 g/mol. The molecule has 182 valence electrons. The summed E-state index contributed by atoms with van der Waals surface area (Å²) in [6.45, 7) is 5.67. The molecule has 1 aromatic carbocycles. The van der Waals surface area contributed by atoms with Crippen LogP contribution in [0.4, 0.5) is 17.6 Å². The minimum absolute atomic E-state index is 0. The maximum absolute atomic E-state index is 13.4. The Hall–Kier alpha value is -1.18. The number of nitrogens with one attached hydrogen (secondary N) is 2. The molecule has 0 amide bonds. The maximum Gasteiger partial charge on any atom is 0.401 e. The Kier molecular flexibility index (Phi) is 10.9. The van der Waals surface area contributed by atoms with Crippen molar-refractivity contribution >= 4 is 29.9 Å². The summed E-state index contributed by atoms with van der Waals surface area (Å²) in [6.07, 6.45) is -3.56. The third kappa shape index (κ3) is 8.64. The van der Waals surface area contributed by atoms with Crippen molar-refractivity contribution in [1.82, 2.24) is 20.4 Å². The lowest BCUT2D eigenvalue weighted by atomic mass is 10.0. The Bertz CT molecular complexity index is 713. The van der Waals surface area contributed by atoms with E-state index in [9.17, 15) is 17.6 Å². The van der Waals surface area contributed by atoms with Gasteiger partial charge in [0.2, 0.25) is 0 Å². The molecule has 2 atom stereocenters. The van der Waals surface area contributed by atoms with Crippen LogP contribution in [0.3, 0.4) is 0 Å². The van der Waals surface area contributed by atoms with Gasteiger partial charge in [-0.15, -0.1) is 24.0 Å². The number of aliphatic imine (C=N–C) groups is 1. The lowest BCUT2D eigenvalue weighted by molar-refractivity contribution is -0.143. The van der Waals surface area contributed by atoms with Gasteiger partial charge in [0.15, 0.2) is 5.96 Å². The number of morpholine rings is 1. The summed E-state index contributed by atoms with van der Waals surface area (Å²) in [5, 5.41) is 6.46. The van der Waals surface area contributed by atoms with E-state index >= 15 is 0 Å². The van der Waals surface area contributed by atoms with Crippen LogP contribution in [0.2, 0.25) is 0 Å². The number of alkyl halides is 3. The molecule has 0 spiro atoms. The molecule has 1 aromatic rings. The van der Waals surface area contributed by atoms with Crippen LogP contribution in [0.15, 0.2) is 29.3 Å². The largest absolute Gasteiger partial charge is 0.401 e. The third-order valence-electron chi connectivity index (χ3n) is 5.52. The zero-order valence-corrected chi connectivity index (χ0v) is 20.5. The van der Waals surface area contributed by atoms with Gasteiger partial charge in [-0.25, -0.2) is 4.39 Å². The molecule has 2 aliphatic heterocycles. The summed E-state index contributed by atoms with van der Waals surface area (Å²) in [6, 6.07) is 6.32. The second-order valence-electron chi connectivity index (χ2n) is 7.92. The number of benzene rings is 1. The first-order chi connectivity index (χ1) is 14.8. The van der Waals surface area contributed by atoms with Gasteiger partial charge < -0.3 is 15.4 Å². The molecule has 32 heavy (non-hydrogen) atoms. The van der Waals surface area contributed by atoms with Gasteiger partial charge in [0.05, 0.1) is 32.3 Å². The molecule has 2 fully saturated rings. The summed E-state index contributed by atoms with van der Waals surface area (Å²) in [5.74, 6) is 0.300. The van der Waals surface area contributed by atoms with Gasteiger partial charge in [-0.3, -0.25) is 14.8 Å². The number of guanidine groups is 1. The lowest BCUT2D eigenvalue weighted by Crippen LogP contribution is -2.46. The number of hydrogen-bond acceptors (Lipinski definition) is 4. The monoisotopic (exact) mass is 573 g/mol. The summed E-state index contributed by atoms with van der Waals surface area (Å²) < 4.78 is 56.8. The van der Waals surface area contributed by atoms with Gasteiger partial charge in [0.1, 0.15) is 5.82 Å². The number of nitrogens with zero attached hydrogens (tertiary/aromatic N) is 3. The average molecular weight is 573 g/mol. The molecule has 2 heterocycles. The molecule has 6 nitrogen and oxygen atoms in total. The molecule has 0 bridgehead atoms. The predicted molar refractivity (Wildman–Crippen MR) is 127 cm³/mol. The van der Waals surface area contributed by atoms with Gasteiger partial charge in [-0.2, -0.15) is 13.2 Å². The highest BCUT2D eigenvalue weighted by molar-refractivity contribution is 14.0. The normalized spacial score (nSPS) is 21.8. The smallest absolute Gasteiger partial charge is 0.379 e. The molecule has 2 aliphatic rings. The fourth-order valence-electron chi connectivity index (χ4n) is 4.04. The number of halogens is 5. The van der Waals surface area contributed by atoms with Gasteiger partial charge in [0.25, 0.3) is 0 Å². The predicted octanol–water partition coefficient (Wildman–Crippen LogP) is 3.01.